The Balaban J connectivity index is 0.000000500. The molecular formula is C12H18OS. The smallest absolute Gasteiger partial charge is 0.140 e. The molecule has 0 radical (unpaired) electrons. The van der Waals surface area contributed by atoms with Crippen LogP contribution in [0.3, 0.4) is 0 Å². The zero-order valence-electron chi connectivity index (χ0n) is 9.12. The van der Waals surface area contributed by atoms with Gasteiger partial charge in [0.15, 0.2) is 0 Å². The van der Waals surface area contributed by atoms with Crippen molar-refractivity contribution in [3.05, 3.63) is 30.3 Å². The van der Waals surface area contributed by atoms with Crippen LogP contribution in [0.15, 0.2) is 35.2 Å². The fourth-order valence-corrected chi connectivity index (χ4v) is 1.42. The second-order valence-electron chi connectivity index (χ2n) is 3.01. The van der Waals surface area contributed by atoms with Crippen molar-refractivity contribution < 1.29 is 4.79 Å². The van der Waals surface area contributed by atoms with E-state index in [0.29, 0.717) is 5.75 Å². The summed E-state index contributed by atoms with van der Waals surface area (Å²) in [5.41, 5.74) is 0. The Morgan fingerprint density at radius 2 is 1.71 bits per heavy atom. The molecule has 0 spiro atoms. The van der Waals surface area contributed by atoms with Crippen molar-refractivity contribution in [1.29, 1.82) is 0 Å². The van der Waals surface area contributed by atoms with Gasteiger partial charge in [-0.3, -0.25) is 4.79 Å². The summed E-state index contributed by atoms with van der Waals surface area (Å²) >= 11 is 1.58. The molecule has 78 valence electrons. The van der Waals surface area contributed by atoms with E-state index in [9.17, 15) is 4.79 Å². The summed E-state index contributed by atoms with van der Waals surface area (Å²) in [6.07, 6.45) is 1.25. The van der Waals surface area contributed by atoms with Crippen LogP contribution in [0.2, 0.25) is 0 Å². The minimum Gasteiger partial charge on any atom is -0.299 e. The third-order valence-corrected chi connectivity index (χ3v) is 2.34. The number of hydrogen-bond donors (Lipinski definition) is 0. The normalized spacial score (nSPS) is 8.79. The first-order chi connectivity index (χ1) is 6.70. The van der Waals surface area contributed by atoms with Crippen molar-refractivity contribution in [1.82, 2.24) is 0 Å². The Bertz CT molecular complexity index is 244. The Morgan fingerprint density at radius 3 is 2.14 bits per heavy atom. The van der Waals surface area contributed by atoms with Gasteiger partial charge < -0.3 is 0 Å². The lowest BCUT2D eigenvalue weighted by atomic mass is 10.4. The van der Waals surface area contributed by atoms with Crippen molar-refractivity contribution in [2.45, 2.75) is 32.1 Å². The van der Waals surface area contributed by atoms with Gasteiger partial charge in [-0.15, -0.1) is 11.8 Å². The number of carbonyl (C=O) groups excluding carboxylic acids is 1. The van der Waals surface area contributed by atoms with Crippen LogP contribution in [0.4, 0.5) is 0 Å². The molecule has 2 heteroatoms. The summed E-state index contributed by atoms with van der Waals surface area (Å²) in [6, 6.07) is 9.93. The molecule has 0 saturated carbocycles. The number of thioether (sulfide) groups is 1. The Labute approximate surface area is 90.9 Å². The third-order valence-electron chi connectivity index (χ3n) is 1.19. The van der Waals surface area contributed by atoms with Crippen LogP contribution in [-0.4, -0.2) is 11.5 Å². The average molecular weight is 210 g/mol. The summed E-state index contributed by atoms with van der Waals surface area (Å²) in [5.74, 6) is 0.795. The number of carbonyl (C=O) groups is 1. The second-order valence-corrected chi connectivity index (χ2v) is 4.06. The lowest BCUT2D eigenvalue weighted by molar-refractivity contribution is -0.114. The summed E-state index contributed by atoms with van der Waals surface area (Å²) < 4.78 is 0. The molecule has 1 nitrogen and oxygen atoms in total. The standard InChI is InChI=1S/C9H10OS.C3H8/c1-8(10)7-11-9-5-3-2-4-6-9;1-3-2/h2-6H,7H2,1H3;3H2,1-2H3. The second kappa shape index (κ2) is 8.82. The van der Waals surface area contributed by atoms with Crippen LogP contribution in [0, 0.1) is 0 Å². The molecule has 0 heterocycles. The van der Waals surface area contributed by atoms with Gasteiger partial charge in [0.25, 0.3) is 0 Å². The van der Waals surface area contributed by atoms with Crippen LogP contribution < -0.4 is 0 Å². The molecule has 0 aliphatic heterocycles. The molecule has 1 rings (SSSR count). The van der Waals surface area contributed by atoms with Crippen LogP contribution in [0.25, 0.3) is 0 Å². The molecule has 0 bridgehead atoms. The first-order valence-corrected chi connectivity index (χ1v) is 5.86. The summed E-state index contributed by atoms with van der Waals surface area (Å²) in [4.78, 5) is 11.8. The number of ketones is 1. The average Bonchev–Trinajstić information content (AvgIpc) is 2.18. The molecule has 0 saturated heterocycles. The molecular weight excluding hydrogens is 192 g/mol. The number of rotatable bonds is 3. The molecule has 0 N–H and O–H groups in total. The third kappa shape index (κ3) is 7.87. The molecule has 0 atom stereocenters. The lowest BCUT2D eigenvalue weighted by Crippen LogP contribution is -1.92. The van der Waals surface area contributed by atoms with E-state index in [1.165, 1.54) is 6.42 Å². The van der Waals surface area contributed by atoms with Crippen LogP contribution in [0.5, 0.6) is 0 Å². The summed E-state index contributed by atoms with van der Waals surface area (Å²) in [5, 5.41) is 0. The maximum absolute atomic E-state index is 10.6. The SMILES string of the molecule is CC(=O)CSc1ccccc1.CCC. The van der Waals surface area contributed by atoms with Crippen LogP contribution >= 0.6 is 11.8 Å². The quantitative estimate of drug-likeness (QED) is 0.706. The van der Waals surface area contributed by atoms with E-state index in [4.69, 9.17) is 0 Å². The van der Waals surface area contributed by atoms with E-state index in [1.807, 2.05) is 30.3 Å². The van der Waals surface area contributed by atoms with Crippen LogP contribution in [0.1, 0.15) is 27.2 Å². The first-order valence-electron chi connectivity index (χ1n) is 4.88. The molecule has 0 aromatic heterocycles. The largest absolute Gasteiger partial charge is 0.299 e. The van der Waals surface area contributed by atoms with Crippen molar-refractivity contribution in [3.63, 3.8) is 0 Å². The van der Waals surface area contributed by atoms with Crippen molar-refractivity contribution in [3.8, 4) is 0 Å². The minimum absolute atomic E-state index is 0.221. The maximum Gasteiger partial charge on any atom is 0.140 e. The predicted molar refractivity (Wildman–Crippen MR) is 63.8 cm³/mol. The molecule has 1 aromatic rings. The van der Waals surface area contributed by atoms with Gasteiger partial charge in [-0.2, -0.15) is 0 Å². The van der Waals surface area contributed by atoms with Gasteiger partial charge in [0.1, 0.15) is 5.78 Å². The van der Waals surface area contributed by atoms with Crippen LogP contribution in [-0.2, 0) is 4.79 Å². The highest BCUT2D eigenvalue weighted by molar-refractivity contribution is 8.00. The molecule has 0 aliphatic rings. The van der Waals surface area contributed by atoms with Crippen molar-refractivity contribution in [2.24, 2.45) is 0 Å². The monoisotopic (exact) mass is 210 g/mol. The molecule has 1 aromatic carbocycles. The van der Waals surface area contributed by atoms with Gasteiger partial charge >= 0.3 is 0 Å². The number of hydrogen-bond acceptors (Lipinski definition) is 2. The number of Topliss-reactive ketones (excluding diaryl/α,β-unsaturated/α-hetero) is 1. The Hall–Kier alpha value is -0.760. The zero-order valence-corrected chi connectivity index (χ0v) is 9.93. The van der Waals surface area contributed by atoms with E-state index >= 15 is 0 Å². The Morgan fingerprint density at radius 1 is 1.21 bits per heavy atom. The lowest BCUT2D eigenvalue weighted by Gasteiger charge is -1.95. The molecule has 0 aliphatic carbocycles. The van der Waals surface area contributed by atoms with E-state index < -0.39 is 0 Å². The minimum atomic E-state index is 0.221. The molecule has 14 heavy (non-hydrogen) atoms. The molecule has 0 amide bonds. The van der Waals surface area contributed by atoms with Gasteiger partial charge in [0, 0.05) is 4.90 Å². The van der Waals surface area contributed by atoms with Gasteiger partial charge in [-0.05, 0) is 19.1 Å². The zero-order chi connectivity index (χ0) is 10.8. The fourth-order valence-electron chi connectivity index (χ4n) is 0.702. The van der Waals surface area contributed by atoms with E-state index in [-0.39, 0.29) is 5.78 Å². The molecule has 0 fully saturated rings. The van der Waals surface area contributed by atoms with E-state index in [1.54, 1.807) is 18.7 Å². The highest BCUT2D eigenvalue weighted by atomic mass is 32.2. The van der Waals surface area contributed by atoms with E-state index in [2.05, 4.69) is 13.8 Å². The van der Waals surface area contributed by atoms with E-state index in [0.717, 1.165) is 4.90 Å². The van der Waals surface area contributed by atoms with Gasteiger partial charge in [-0.25, -0.2) is 0 Å². The molecule has 0 unspecified atom stereocenters. The number of benzene rings is 1. The highest BCUT2D eigenvalue weighted by Gasteiger charge is 1.94. The summed E-state index contributed by atoms with van der Waals surface area (Å²) in [6.45, 7) is 5.86. The van der Waals surface area contributed by atoms with Crippen molar-refractivity contribution >= 4 is 17.5 Å². The predicted octanol–water partition coefficient (Wildman–Crippen LogP) is 3.78. The van der Waals surface area contributed by atoms with Gasteiger partial charge in [0.2, 0.25) is 0 Å². The highest BCUT2D eigenvalue weighted by Crippen LogP contribution is 2.16. The Kier molecular flexibility index (Phi) is 8.34. The van der Waals surface area contributed by atoms with Gasteiger partial charge in [-0.1, -0.05) is 38.5 Å². The first kappa shape index (κ1) is 13.2. The fraction of sp³-hybridized carbons (Fsp3) is 0.417. The summed E-state index contributed by atoms with van der Waals surface area (Å²) in [7, 11) is 0. The maximum atomic E-state index is 10.6. The van der Waals surface area contributed by atoms with Crippen molar-refractivity contribution in [2.75, 3.05) is 5.75 Å². The topological polar surface area (TPSA) is 17.1 Å². The van der Waals surface area contributed by atoms with Gasteiger partial charge in [0.05, 0.1) is 5.75 Å².